The first-order chi connectivity index (χ1) is 22.5. The van der Waals surface area contributed by atoms with Crippen LogP contribution in [0, 0.1) is 6.92 Å². The summed E-state index contributed by atoms with van der Waals surface area (Å²) in [6, 6.07) is 23.1. The average molecular weight is 624 g/mol. The molecule has 0 spiro atoms. The molecule has 0 bridgehead atoms. The van der Waals surface area contributed by atoms with E-state index >= 15 is 0 Å². The Balaban J connectivity index is 1.25. The van der Waals surface area contributed by atoms with Gasteiger partial charge in [0, 0.05) is 56.6 Å². The number of hydrogen-bond acceptors (Lipinski definition) is 7. The predicted octanol–water partition coefficient (Wildman–Crippen LogP) is 4.39. The van der Waals surface area contributed by atoms with Gasteiger partial charge in [0.15, 0.2) is 0 Å². The van der Waals surface area contributed by atoms with Crippen LogP contribution in [0.4, 0.5) is 10.6 Å². The Morgan fingerprint density at radius 1 is 1.02 bits per heavy atom. The van der Waals surface area contributed by atoms with Gasteiger partial charge in [0.2, 0.25) is 0 Å². The summed E-state index contributed by atoms with van der Waals surface area (Å²) in [5, 5.41) is 14.3. The fraction of sp³-hybridized carbons (Fsp3) is 0.371. The number of urea groups is 1. The van der Waals surface area contributed by atoms with Gasteiger partial charge in [0.25, 0.3) is 5.91 Å². The zero-order valence-corrected chi connectivity index (χ0v) is 26.3. The zero-order valence-electron chi connectivity index (χ0n) is 26.3. The molecular formula is C35H41N7O4. The summed E-state index contributed by atoms with van der Waals surface area (Å²) in [7, 11) is 1.70. The molecule has 0 aliphatic carbocycles. The molecule has 2 aromatic heterocycles. The van der Waals surface area contributed by atoms with Crippen molar-refractivity contribution in [2.24, 2.45) is 0 Å². The molecule has 2 aromatic carbocycles. The molecule has 3 atom stereocenters. The van der Waals surface area contributed by atoms with Gasteiger partial charge in [-0.2, -0.15) is 5.10 Å². The molecular weight excluding hydrogens is 582 g/mol. The molecule has 0 saturated carbocycles. The number of rotatable bonds is 10. The van der Waals surface area contributed by atoms with E-state index in [-0.39, 0.29) is 29.9 Å². The lowest BCUT2D eigenvalue weighted by molar-refractivity contribution is 0.0622. The number of hydrogen-bond donors (Lipinski definition) is 3. The van der Waals surface area contributed by atoms with E-state index in [1.807, 2.05) is 61.5 Å². The lowest BCUT2D eigenvalue weighted by atomic mass is 9.94. The van der Waals surface area contributed by atoms with Gasteiger partial charge in [-0.3, -0.25) is 20.0 Å². The highest BCUT2D eigenvalue weighted by molar-refractivity contribution is 5.94. The minimum Gasteiger partial charge on any atom is -0.383 e. The summed E-state index contributed by atoms with van der Waals surface area (Å²) in [5.74, 6) is 0.437. The fourth-order valence-corrected chi connectivity index (χ4v) is 6.27. The monoisotopic (exact) mass is 623 g/mol. The molecule has 4 aromatic rings. The van der Waals surface area contributed by atoms with Crippen molar-refractivity contribution >= 4 is 17.8 Å². The molecule has 46 heavy (non-hydrogen) atoms. The van der Waals surface area contributed by atoms with Crippen molar-refractivity contribution in [3.8, 4) is 16.9 Å². The molecule has 2 saturated heterocycles. The van der Waals surface area contributed by atoms with Crippen molar-refractivity contribution < 1.29 is 19.1 Å². The van der Waals surface area contributed by atoms with Gasteiger partial charge in [-0.15, -0.1) is 0 Å². The second-order valence-electron chi connectivity index (χ2n) is 11.9. The number of carbonyl (C=O) groups is 2. The van der Waals surface area contributed by atoms with Crippen LogP contribution >= 0.6 is 0 Å². The normalized spacial score (nSPS) is 19.9. The highest BCUT2D eigenvalue weighted by Gasteiger charge is 2.35. The molecule has 3 N–H and O–H groups in total. The van der Waals surface area contributed by atoms with Crippen LogP contribution in [0.25, 0.3) is 16.9 Å². The molecule has 2 aliphatic heterocycles. The van der Waals surface area contributed by atoms with Crippen LogP contribution in [0.3, 0.4) is 0 Å². The molecule has 240 valence electrons. The van der Waals surface area contributed by atoms with Crippen molar-refractivity contribution in [2.75, 3.05) is 51.9 Å². The van der Waals surface area contributed by atoms with Crippen molar-refractivity contribution in [2.45, 2.75) is 37.8 Å². The second-order valence-corrected chi connectivity index (χ2v) is 11.9. The maximum Gasteiger partial charge on any atom is 0.320 e. The lowest BCUT2D eigenvalue weighted by Crippen LogP contribution is -2.42. The number of amides is 3. The molecule has 2 aliphatic rings. The molecule has 3 amide bonds. The lowest BCUT2D eigenvalue weighted by Gasteiger charge is -2.22. The minimum absolute atomic E-state index is 0.0338. The molecule has 2 fully saturated rings. The van der Waals surface area contributed by atoms with Crippen LogP contribution in [0.15, 0.2) is 79.0 Å². The maximum absolute atomic E-state index is 13.7. The van der Waals surface area contributed by atoms with E-state index in [0.29, 0.717) is 37.0 Å². The standard InChI is InChI=1S/C35H41N7O4/c1-24-32(26-15-16-36-30(20-26)34(43)37-27-12-9-18-46-23-27)40-42(28-13-7-4-8-14-28)33(24)39-35(44)38-31-22-41(17-19-45-2)21-29(31)25-10-5-3-6-11-25/h3-8,10-11,13-16,20,27,29,31H,9,12,17-19,21-23H2,1-2H3,(H,37,43)(H2,38,39,44)/t27-,29+,31-/m1/s1. The second kappa shape index (κ2) is 14.7. The summed E-state index contributed by atoms with van der Waals surface area (Å²) < 4.78 is 12.6. The summed E-state index contributed by atoms with van der Waals surface area (Å²) >= 11 is 0. The summed E-state index contributed by atoms with van der Waals surface area (Å²) in [4.78, 5) is 33.4. The van der Waals surface area contributed by atoms with E-state index in [1.165, 1.54) is 5.56 Å². The first-order valence-corrected chi connectivity index (χ1v) is 15.8. The van der Waals surface area contributed by atoms with Crippen molar-refractivity contribution in [1.82, 2.24) is 30.3 Å². The number of pyridine rings is 1. The first-order valence-electron chi connectivity index (χ1n) is 15.8. The highest BCUT2D eigenvalue weighted by Crippen LogP contribution is 2.32. The Hall–Kier alpha value is -4.58. The quantitative estimate of drug-likeness (QED) is 0.240. The van der Waals surface area contributed by atoms with Crippen molar-refractivity contribution in [1.29, 1.82) is 0 Å². The van der Waals surface area contributed by atoms with Gasteiger partial charge in [-0.25, -0.2) is 9.48 Å². The number of para-hydroxylation sites is 1. The SMILES string of the molecule is COCCN1C[C@@H](NC(=O)Nc2c(C)c(-c3ccnc(C(=O)N[C@@H]4CCCOC4)c3)nn2-c2ccccc2)[C@H](c2ccccc2)C1. The van der Waals surface area contributed by atoms with Gasteiger partial charge in [-0.1, -0.05) is 48.5 Å². The van der Waals surface area contributed by atoms with Crippen LogP contribution in [-0.2, 0) is 9.47 Å². The van der Waals surface area contributed by atoms with E-state index in [0.717, 1.165) is 49.4 Å². The molecule has 0 radical (unpaired) electrons. The number of benzene rings is 2. The van der Waals surface area contributed by atoms with E-state index in [4.69, 9.17) is 14.6 Å². The number of nitrogens with zero attached hydrogens (tertiary/aromatic N) is 4. The predicted molar refractivity (Wildman–Crippen MR) is 176 cm³/mol. The Morgan fingerprint density at radius 3 is 2.54 bits per heavy atom. The van der Waals surface area contributed by atoms with E-state index in [2.05, 4.69) is 38.0 Å². The Morgan fingerprint density at radius 2 is 1.80 bits per heavy atom. The minimum atomic E-state index is -0.309. The van der Waals surface area contributed by atoms with Gasteiger partial charge < -0.3 is 20.1 Å². The van der Waals surface area contributed by atoms with Gasteiger partial charge in [-0.05, 0) is 49.6 Å². The topological polar surface area (TPSA) is 123 Å². The van der Waals surface area contributed by atoms with Gasteiger partial charge in [0.05, 0.1) is 36.7 Å². The number of ether oxygens (including phenoxy) is 2. The molecule has 11 heteroatoms. The molecule has 11 nitrogen and oxygen atoms in total. The largest absolute Gasteiger partial charge is 0.383 e. The van der Waals surface area contributed by atoms with E-state index in [1.54, 1.807) is 24.1 Å². The van der Waals surface area contributed by atoms with Crippen LogP contribution < -0.4 is 16.0 Å². The number of aromatic nitrogens is 3. The molecule has 0 unspecified atom stereocenters. The number of anilines is 1. The van der Waals surface area contributed by atoms with Gasteiger partial charge >= 0.3 is 6.03 Å². The van der Waals surface area contributed by atoms with Crippen LogP contribution in [0.5, 0.6) is 0 Å². The van der Waals surface area contributed by atoms with Crippen LogP contribution in [-0.4, -0.2) is 90.3 Å². The Bertz CT molecular complexity index is 1620. The maximum atomic E-state index is 13.7. The first kappa shape index (κ1) is 31.4. The summed E-state index contributed by atoms with van der Waals surface area (Å²) in [6.07, 6.45) is 3.40. The number of likely N-dealkylation sites (tertiary alicyclic amines) is 1. The fourth-order valence-electron chi connectivity index (χ4n) is 6.27. The number of nitrogens with one attached hydrogen (secondary N) is 3. The van der Waals surface area contributed by atoms with Crippen LogP contribution in [0.2, 0.25) is 0 Å². The summed E-state index contributed by atoms with van der Waals surface area (Å²) in [6.45, 7) is 6.11. The number of carbonyl (C=O) groups excluding carboxylic acids is 2. The average Bonchev–Trinajstić information content (AvgIpc) is 3.65. The number of methoxy groups -OCH3 is 1. The van der Waals surface area contributed by atoms with Gasteiger partial charge in [0.1, 0.15) is 11.5 Å². The third-order valence-electron chi connectivity index (χ3n) is 8.67. The Kier molecular flexibility index (Phi) is 10.0. The van der Waals surface area contributed by atoms with E-state index < -0.39 is 0 Å². The van der Waals surface area contributed by atoms with Crippen molar-refractivity contribution in [3.63, 3.8) is 0 Å². The smallest absolute Gasteiger partial charge is 0.320 e. The van der Waals surface area contributed by atoms with E-state index in [9.17, 15) is 9.59 Å². The summed E-state index contributed by atoms with van der Waals surface area (Å²) in [5.41, 5.74) is 4.43. The van der Waals surface area contributed by atoms with Crippen LogP contribution in [0.1, 0.15) is 40.4 Å². The third-order valence-corrected chi connectivity index (χ3v) is 8.67. The van der Waals surface area contributed by atoms with Crippen molar-refractivity contribution in [3.05, 3.63) is 95.8 Å². The zero-order chi connectivity index (χ0) is 31.9. The third kappa shape index (κ3) is 7.28. The highest BCUT2D eigenvalue weighted by atomic mass is 16.5. The molecule has 6 rings (SSSR count). The molecule has 4 heterocycles. The Labute approximate surface area is 269 Å².